The topological polar surface area (TPSA) is 85.0 Å². The van der Waals surface area contributed by atoms with Crippen molar-refractivity contribution >= 4 is 23.2 Å². The molecule has 8 nitrogen and oxygen atoms in total. The van der Waals surface area contributed by atoms with E-state index in [0.29, 0.717) is 17.1 Å². The minimum absolute atomic E-state index is 0.259. The summed E-state index contributed by atoms with van der Waals surface area (Å²) in [5, 5.41) is 11.6. The van der Waals surface area contributed by atoms with E-state index in [1.54, 1.807) is 65.2 Å². The van der Waals surface area contributed by atoms with E-state index in [9.17, 15) is 9.59 Å². The molecule has 0 atom stereocenters. The Morgan fingerprint density at radius 3 is 1.91 bits per heavy atom. The lowest BCUT2D eigenvalue weighted by molar-refractivity contribution is 0.0986. The first-order valence-electron chi connectivity index (χ1n) is 11.0. The summed E-state index contributed by atoms with van der Waals surface area (Å²) in [7, 11) is 1.67. The monoisotopic (exact) mass is 462 g/mol. The van der Waals surface area contributed by atoms with Gasteiger partial charge in [0.25, 0.3) is 11.8 Å². The molecule has 0 aliphatic rings. The van der Waals surface area contributed by atoms with Crippen molar-refractivity contribution in [1.29, 1.82) is 0 Å². The molecule has 2 aromatic heterocycles. The number of carbonyl (C=O) groups excluding carboxylic acids is 2. The van der Waals surface area contributed by atoms with Crippen LogP contribution in [0.1, 0.15) is 21.0 Å². The van der Waals surface area contributed by atoms with Gasteiger partial charge in [0.2, 0.25) is 0 Å². The molecule has 2 amide bonds. The summed E-state index contributed by atoms with van der Waals surface area (Å²) >= 11 is 0. The van der Waals surface area contributed by atoms with Gasteiger partial charge >= 0.3 is 0 Å². The average molecular weight is 463 g/mol. The number of nitrogens with zero attached hydrogens (tertiary/aromatic N) is 5. The maximum Gasteiger partial charge on any atom is 0.278 e. The molecule has 35 heavy (non-hydrogen) atoms. The Bertz CT molecular complexity index is 1470. The number of benzene rings is 3. The van der Waals surface area contributed by atoms with Gasteiger partial charge in [0.1, 0.15) is 0 Å². The number of hydrogen-bond acceptors (Lipinski definition) is 4. The molecule has 5 aromatic rings. The Balaban J connectivity index is 1.29. The third-order valence-electron chi connectivity index (χ3n) is 5.47. The van der Waals surface area contributed by atoms with Gasteiger partial charge in [-0.3, -0.25) is 9.59 Å². The van der Waals surface area contributed by atoms with Crippen LogP contribution >= 0.6 is 0 Å². The number of carbonyl (C=O) groups is 2. The van der Waals surface area contributed by atoms with Gasteiger partial charge in [-0.25, -0.2) is 9.36 Å². The molecule has 0 aliphatic carbocycles. The standard InChI is InChI=1S/C27H22N6O2/c1-31(27(35)25-16-18-33(30-25)22-12-6-3-7-13-22)23-14-8-9-20(19-23)28-26(34)24-15-17-32(29-24)21-10-4-2-5-11-21/h2-19H,1H3,(H,28,34). The van der Waals surface area contributed by atoms with Crippen LogP contribution in [0.2, 0.25) is 0 Å². The minimum atomic E-state index is -0.340. The number of rotatable bonds is 6. The summed E-state index contributed by atoms with van der Waals surface area (Å²) in [5.41, 5.74) is 3.51. The van der Waals surface area contributed by atoms with Gasteiger partial charge in [-0.1, -0.05) is 42.5 Å². The summed E-state index contributed by atoms with van der Waals surface area (Å²) < 4.78 is 3.30. The van der Waals surface area contributed by atoms with E-state index in [2.05, 4.69) is 15.5 Å². The predicted molar refractivity (Wildman–Crippen MR) is 134 cm³/mol. The number of para-hydroxylation sites is 2. The molecule has 0 fully saturated rings. The van der Waals surface area contributed by atoms with E-state index >= 15 is 0 Å². The Labute approximate surface area is 202 Å². The first-order valence-corrected chi connectivity index (χ1v) is 11.0. The Kier molecular flexibility index (Phi) is 5.92. The van der Waals surface area contributed by atoms with E-state index in [0.717, 1.165) is 11.4 Å². The SMILES string of the molecule is CN(C(=O)c1ccn(-c2ccccc2)n1)c1cccc(NC(=O)c2ccn(-c3ccccc3)n2)c1. The van der Waals surface area contributed by atoms with Crippen LogP contribution in [0.3, 0.4) is 0 Å². The number of nitrogens with one attached hydrogen (secondary N) is 1. The van der Waals surface area contributed by atoms with Crippen molar-refractivity contribution in [2.45, 2.75) is 0 Å². The van der Waals surface area contributed by atoms with Gasteiger partial charge in [-0.2, -0.15) is 10.2 Å². The molecule has 172 valence electrons. The van der Waals surface area contributed by atoms with E-state index < -0.39 is 0 Å². The normalized spacial score (nSPS) is 10.7. The number of hydrogen-bond donors (Lipinski definition) is 1. The van der Waals surface area contributed by atoms with Crippen molar-refractivity contribution in [1.82, 2.24) is 19.6 Å². The molecule has 2 heterocycles. The average Bonchev–Trinajstić information content (AvgIpc) is 3.60. The van der Waals surface area contributed by atoms with E-state index in [-0.39, 0.29) is 17.5 Å². The smallest absolute Gasteiger partial charge is 0.278 e. The fraction of sp³-hybridized carbons (Fsp3) is 0.0370. The highest BCUT2D eigenvalue weighted by Gasteiger charge is 2.18. The largest absolute Gasteiger partial charge is 0.321 e. The molecule has 0 aliphatic heterocycles. The molecular weight excluding hydrogens is 440 g/mol. The summed E-state index contributed by atoms with van der Waals surface area (Å²) in [5.74, 6) is -0.600. The van der Waals surface area contributed by atoms with Crippen LogP contribution in [0, 0.1) is 0 Å². The lowest BCUT2D eigenvalue weighted by Crippen LogP contribution is -2.27. The van der Waals surface area contributed by atoms with Gasteiger partial charge in [0, 0.05) is 30.8 Å². The first kappa shape index (κ1) is 21.8. The van der Waals surface area contributed by atoms with Crippen LogP contribution in [0.5, 0.6) is 0 Å². The Hall–Kier alpha value is -4.98. The lowest BCUT2D eigenvalue weighted by atomic mass is 10.2. The molecule has 0 unspecified atom stereocenters. The highest BCUT2D eigenvalue weighted by atomic mass is 16.2. The molecule has 0 bridgehead atoms. The molecule has 8 heteroatoms. The Morgan fingerprint density at radius 2 is 1.29 bits per heavy atom. The van der Waals surface area contributed by atoms with Crippen LogP contribution in [-0.4, -0.2) is 38.4 Å². The van der Waals surface area contributed by atoms with Crippen LogP contribution in [-0.2, 0) is 0 Å². The lowest BCUT2D eigenvalue weighted by Gasteiger charge is -2.17. The zero-order valence-electron chi connectivity index (χ0n) is 18.9. The van der Waals surface area contributed by atoms with E-state index in [1.807, 2.05) is 60.7 Å². The van der Waals surface area contributed by atoms with Crippen molar-refractivity contribution in [2.24, 2.45) is 0 Å². The molecule has 3 aromatic carbocycles. The highest BCUT2D eigenvalue weighted by molar-refractivity contribution is 6.06. The number of aromatic nitrogens is 4. The van der Waals surface area contributed by atoms with Crippen molar-refractivity contribution in [3.63, 3.8) is 0 Å². The zero-order valence-corrected chi connectivity index (χ0v) is 18.9. The molecular formula is C27H22N6O2. The van der Waals surface area contributed by atoms with Crippen molar-refractivity contribution in [3.05, 3.63) is 121 Å². The first-order chi connectivity index (χ1) is 17.1. The van der Waals surface area contributed by atoms with Crippen molar-refractivity contribution < 1.29 is 9.59 Å². The summed E-state index contributed by atoms with van der Waals surface area (Å²) in [6.07, 6.45) is 3.49. The molecule has 0 saturated carbocycles. The summed E-state index contributed by atoms with van der Waals surface area (Å²) in [4.78, 5) is 27.3. The molecule has 5 rings (SSSR count). The summed E-state index contributed by atoms with van der Waals surface area (Å²) in [6.45, 7) is 0. The van der Waals surface area contributed by atoms with Gasteiger partial charge in [0.05, 0.1) is 11.4 Å². The van der Waals surface area contributed by atoms with Gasteiger partial charge in [0.15, 0.2) is 11.4 Å². The second-order valence-electron chi connectivity index (χ2n) is 7.83. The number of anilines is 2. The number of amides is 2. The van der Waals surface area contributed by atoms with Crippen LogP contribution < -0.4 is 10.2 Å². The second-order valence-corrected chi connectivity index (χ2v) is 7.83. The third-order valence-corrected chi connectivity index (χ3v) is 5.47. The molecule has 1 N–H and O–H groups in total. The minimum Gasteiger partial charge on any atom is -0.321 e. The van der Waals surface area contributed by atoms with Crippen LogP contribution in [0.25, 0.3) is 11.4 Å². The van der Waals surface area contributed by atoms with E-state index in [1.165, 1.54) is 4.90 Å². The fourth-order valence-electron chi connectivity index (χ4n) is 3.61. The van der Waals surface area contributed by atoms with Gasteiger partial charge < -0.3 is 10.2 Å². The summed E-state index contributed by atoms with van der Waals surface area (Å²) in [6, 6.07) is 29.6. The quantitative estimate of drug-likeness (QED) is 0.400. The predicted octanol–water partition coefficient (Wildman–Crippen LogP) is 4.59. The van der Waals surface area contributed by atoms with Crippen LogP contribution in [0.15, 0.2) is 109 Å². The van der Waals surface area contributed by atoms with E-state index in [4.69, 9.17) is 0 Å². The zero-order chi connectivity index (χ0) is 24.2. The maximum atomic E-state index is 13.0. The molecule has 0 radical (unpaired) electrons. The second kappa shape index (κ2) is 9.48. The van der Waals surface area contributed by atoms with Crippen LogP contribution in [0.4, 0.5) is 11.4 Å². The van der Waals surface area contributed by atoms with Crippen molar-refractivity contribution in [2.75, 3.05) is 17.3 Å². The van der Waals surface area contributed by atoms with Gasteiger partial charge in [-0.05, 0) is 54.6 Å². The molecule has 0 spiro atoms. The molecule has 0 saturated heterocycles. The Morgan fingerprint density at radius 1 is 0.714 bits per heavy atom. The maximum absolute atomic E-state index is 13.0. The fourth-order valence-corrected chi connectivity index (χ4v) is 3.61. The third kappa shape index (κ3) is 4.72. The van der Waals surface area contributed by atoms with Gasteiger partial charge in [-0.15, -0.1) is 0 Å². The van der Waals surface area contributed by atoms with Crippen molar-refractivity contribution in [3.8, 4) is 11.4 Å². The highest BCUT2D eigenvalue weighted by Crippen LogP contribution is 2.21.